The molecule has 2 rings (SSSR count). The fourth-order valence-corrected chi connectivity index (χ4v) is 3.70. The molecule has 0 aromatic heterocycles. The molecule has 4 heteroatoms. The van der Waals surface area contributed by atoms with Crippen LogP contribution in [0.25, 0.3) is 0 Å². The minimum absolute atomic E-state index is 0.402. The molecule has 0 aliphatic carbocycles. The Bertz CT molecular complexity index is 302. The number of hydrogen-bond acceptors (Lipinski definition) is 4. The van der Waals surface area contributed by atoms with E-state index in [9.17, 15) is 0 Å². The van der Waals surface area contributed by atoms with Crippen molar-refractivity contribution in [2.75, 3.05) is 53.0 Å². The Morgan fingerprint density at radius 3 is 2.62 bits per heavy atom. The van der Waals surface area contributed by atoms with E-state index in [-0.39, 0.29) is 0 Å². The van der Waals surface area contributed by atoms with Crippen molar-refractivity contribution in [3.63, 3.8) is 0 Å². The molecule has 0 spiro atoms. The Balaban J connectivity index is 1.99. The third-order valence-corrected chi connectivity index (χ3v) is 5.16. The maximum atomic E-state index is 5.63. The topological polar surface area (TPSA) is 27.7 Å². The van der Waals surface area contributed by atoms with Crippen LogP contribution in [0.5, 0.6) is 0 Å². The summed E-state index contributed by atoms with van der Waals surface area (Å²) in [7, 11) is 2.25. The molecule has 0 aromatic carbocycles. The molecule has 0 radical (unpaired) electrons. The molecule has 0 bridgehead atoms. The minimum atomic E-state index is 0.402. The van der Waals surface area contributed by atoms with Crippen molar-refractivity contribution in [3.8, 4) is 0 Å². The Labute approximate surface area is 131 Å². The Morgan fingerprint density at radius 2 is 1.95 bits per heavy atom. The average Bonchev–Trinajstić information content (AvgIpc) is 2.59. The summed E-state index contributed by atoms with van der Waals surface area (Å²) in [6, 6.07) is 1.23. The number of ether oxygens (including phenoxy) is 1. The van der Waals surface area contributed by atoms with Gasteiger partial charge in [-0.25, -0.2) is 0 Å². The molecular formula is C17H35N3O. The highest BCUT2D eigenvalue weighted by Crippen LogP contribution is 2.32. The van der Waals surface area contributed by atoms with E-state index in [0.29, 0.717) is 17.5 Å². The van der Waals surface area contributed by atoms with Crippen LogP contribution in [0.15, 0.2) is 0 Å². The predicted molar refractivity (Wildman–Crippen MR) is 88.8 cm³/mol. The van der Waals surface area contributed by atoms with E-state index in [4.69, 9.17) is 4.74 Å². The van der Waals surface area contributed by atoms with Crippen molar-refractivity contribution in [3.05, 3.63) is 0 Å². The van der Waals surface area contributed by atoms with Gasteiger partial charge in [0.2, 0.25) is 0 Å². The van der Waals surface area contributed by atoms with E-state index in [2.05, 4.69) is 42.9 Å². The van der Waals surface area contributed by atoms with Crippen molar-refractivity contribution in [2.45, 2.75) is 52.1 Å². The van der Waals surface area contributed by atoms with Crippen LogP contribution in [0.3, 0.4) is 0 Å². The first-order valence-electron chi connectivity index (χ1n) is 8.74. The largest absolute Gasteiger partial charge is 0.381 e. The van der Waals surface area contributed by atoms with Gasteiger partial charge in [-0.1, -0.05) is 13.8 Å². The van der Waals surface area contributed by atoms with Crippen LogP contribution in [0, 0.1) is 5.41 Å². The van der Waals surface area contributed by atoms with E-state index < -0.39 is 0 Å². The minimum Gasteiger partial charge on any atom is -0.381 e. The normalized spacial score (nSPS) is 28.7. The summed E-state index contributed by atoms with van der Waals surface area (Å²) in [6.07, 6.45) is 3.70. The lowest BCUT2D eigenvalue weighted by Crippen LogP contribution is -2.51. The predicted octanol–water partition coefficient (Wildman–Crippen LogP) is 1.81. The van der Waals surface area contributed by atoms with Crippen molar-refractivity contribution in [2.24, 2.45) is 5.41 Å². The molecule has 2 aliphatic heterocycles. The van der Waals surface area contributed by atoms with E-state index in [0.717, 1.165) is 19.8 Å². The fourth-order valence-electron chi connectivity index (χ4n) is 3.70. The van der Waals surface area contributed by atoms with E-state index in [1.807, 2.05) is 0 Å². The van der Waals surface area contributed by atoms with Gasteiger partial charge in [-0.15, -0.1) is 0 Å². The standard InChI is InChI=1S/C17H35N3O/c1-15(2)18-13-17(6-10-21-11-7-17)14-20-9-5-8-19(4)12-16(20)3/h15-16,18H,5-14H2,1-4H3. The quantitative estimate of drug-likeness (QED) is 0.837. The van der Waals surface area contributed by atoms with E-state index in [1.165, 1.54) is 45.4 Å². The van der Waals surface area contributed by atoms with Crippen molar-refractivity contribution in [1.29, 1.82) is 0 Å². The first-order chi connectivity index (χ1) is 10.0. The van der Waals surface area contributed by atoms with Gasteiger partial charge in [0.25, 0.3) is 0 Å². The highest BCUT2D eigenvalue weighted by atomic mass is 16.5. The van der Waals surface area contributed by atoms with Gasteiger partial charge in [0, 0.05) is 44.9 Å². The molecule has 124 valence electrons. The zero-order valence-corrected chi connectivity index (χ0v) is 14.5. The smallest absolute Gasteiger partial charge is 0.0472 e. The van der Waals surface area contributed by atoms with Gasteiger partial charge >= 0.3 is 0 Å². The monoisotopic (exact) mass is 297 g/mol. The Morgan fingerprint density at radius 1 is 1.24 bits per heavy atom. The SMILES string of the molecule is CC(C)NCC1(CN2CCCN(C)CC2C)CCOCC1. The van der Waals surface area contributed by atoms with Gasteiger partial charge in [-0.2, -0.15) is 0 Å². The molecule has 2 saturated heterocycles. The van der Waals surface area contributed by atoms with Crippen LogP contribution in [0.2, 0.25) is 0 Å². The molecule has 0 amide bonds. The zero-order chi connectivity index (χ0) is 15.3. The number of nitrogens with zero attached hydrogens (tertiary/aromatic N) is 2. The first kappa shape index (κ1) is 17.2. The molecule has 2 fully saturated rings. The van der Waals surface area contributed by atoms with Crippen LogP contribution in [0.1, 0.15) is 40.0 Å². The Kier molecular flexibility index (Phi) is 6.48. The third kappa shape index (κ3) is 5.20. The number of nitrogens with one attached hydrogen (secondary N) is 1. The molecule has 0 aromatic rings. The van der Waals surface area contributed by atoms with Gasteiger partial charge in [0.05, 0.1) is 0 Å². The molecule has 1 atom stereocenters. The molecule has 2 heterocycles. The third-order valence-electron chi connectivity index (χ3n) is 5.16. The molecule has 4 nitrogen and oxygen atoms in total. The zero-order valence-electron chi connectivity index (χ0n) is 14.5. The van der Waals surface area contributed by atoms with Gasteiger partial charge in [0.15, 0.2) is 0 Å². The van der Waals surface area contributed by atoms with E-state index >= 15 is 0 Å². The van der Waals surface area contributed by atoms with Gasteiger partial charge in [-0.3, -0.25) is 4.90 Å². The highest BCUT2D eigenvalue weighted by molar-refractivity contribution is 4.90. The number of hydrogen-bond donors (Lipinski definition) is 1. The summed E-state index contributed by atoms with van der Waals surface area (Å²) in [5.41, 5.74) is 0.402. The second kappa shape index (κ2) is 7.91. The van der Waals surface area contributed by atoms with Crippen molar-refractivity contribution in [1.82, 2.24) is 15.1 Å². The summed E-state index contributed by atoms with van der Waals surface area (Å²) in [5, 5.41) is 3.69. The fraction of sp³-hybridized carbons (Fsp3) is 1.00. The van der Waals surface area contributed by atoms with Gasteiger partial charge in [-0.05, 0) is 51.7 Å². The van der Waals surface area contributed by atoms with Crippen molar-refractivity contribution < 1.29 is 4.74 Å². The van der Waals surface area contributed by atoms with Gasteiger partial charge in [0.1, 0.15) is 0 Å². The van der Waals surface area contributed by atoms with Crippen LogP contribution in [-0.4, -0.2) is 74.9 Å². The summed E-state index contributed by atoms with van der Waals surface area (Å²) >= 11 is 0. The Hall–Kier alpha value is -0.160. The van der Waals surface area contributed by atoms with Gasteiger partial charge < -0.3 is 15.0 Å². The maximum Gasteiger partial charge on any atom is 0.0472 e. The maximum absolute atomic E-state index is 5.63. The summed E-state index contributed by atoms with van der Waals surface area (Å²) in [4.78, 5) is 5.21. The second-order valence-electron chi connectivity index (χ2n) is 7.58. The molecular weight excluding hydrogens is 262 g/mol. The highest BCUT2D eigenvalue weighted by Gasteiger charge is 2.36. The lowest BCUT2D eigenvalue weighted by molar-refractivity contribution is -0.0109. The lowest BCUT2D eigenvalue weighted by Gasteiger charge is -2.43. The number of rotatable bonds is 5. The lowest BCUT2D eigenvalue weighted by atomic mass is 9.79. The first-order valence-corrected chi connectivity index (χ1v) is 8.74. The van der Waals surface area contributed by atoms with Crippen LogP contribution >= 0.6 is 0 Å². The average molecular weight is 297 g/mol. The molecule has 0 saturated carbocycles. The summed E-state index contributed by atoms with van der Waals surface area (Å²) in [6.45, 7) is 14.8. The molecule has 1 N–H and O–H groups in total. The summed E-state index contributed by atoms with van der Waals surface area (Å²) < 4.78 is 5.63. The second-order valence-corrected chi connectivity index (χ2v) is 7.58. The number of likely N-dealkylation sites (N-methyl/N-ethyl adjacent to an activating group) is 1. The van der Waals surface area contributed by atoms with Crippen LogP contribution in [-0.2, 0) is 4.74 Å². The van der Waals surface area contributed by atoms with Crippen LogP contribution < -0.4 is 5.32 Å². The van der Waals surface area contributed by atoms with E-state index in [1.54, 1.807) is 0 Å². The van der Waals surface area contributed by atoms with Crippen molar-refractivity contribution >= 4 is 0 Å². The van der Waals surface area contributed by atoms with Crippen LogP contribution in [0.4, 0.5) is 0 Å². The molecule has 2 aliphatic rings. The summed E-state index contributed by atoms with van der Waals surface area (Å²) in [5.74, 6) is 0. The molecule has 21 heavy (non-hydrogen) atoms. The molecule has 1 unspecified atom stereocenters.